The average Bonchev–Trinajstić information content (AvgIpc) is 2.82. The fraction of sp³-hybridized carbons (Fsp3) is 0.400. The number of ether oxygens (including phenoxy) is 2. The third-order valence-electron chi connectivity index (χ3n) is 6.02. The lowest BCUT2D eigenvalue weighted by atomic mass is 9.92. The number of benzene rings is 1. The molecule has 1 N–H and O–H groups in total. The smallest absolute Gasteiger partial charge is 0.251 e. The van der Waals surface area contributed by atoms with Crippen LogP contribution in [0.3, 0.4) is 0 Å². The first-order valence-corrected chi connectivity index (χ1v) is 11.1. The molecule has 1 saturated heterocycles. The third-order valence-corrected chi connectivity index (χ3v) is 6.02. The van der Waals surface area contributed by atoms with Crippen LogP contribution in [0.4, 0.5) is 0 Å². The zero-order valence-electron chi connectivity index (χ0n) is 18.9. The number of piperidine rings is 1. The van der Waals surface area contributed by atoms with E-state index in [4.69, 9.17) is 14.5 Å². The molecular weight excluding hydrogens is 404 g/mol. The fourth-order valence-electron chi connectivity index (χ4n) is 4.25. The van der Waals surface area contributed by atoms with E-state index >= 15 is 0 Å². The van der Waals surface area contributed by atoms with Crippen molar-refractivity contribution in [2.24, 2.45) is 0 Å². The van der Waals surface area contributed by atoms with Crippen LogP contribution in [0, 0.1) is 6.92 Å². The number of aromatic amines is 1. The van der Waals surface area contributed by atoms with Gasteiger partial charge in [0, 0.05) is 36.5 Å². The van der Waals surface area contributed by atoms with Crippen LogP contribution in [0.15, 0.2) is 47.5 Å². The number of aromatic nitrogens is 3. The highest BCUT2D eigenvalue weighted by molar-refractivity contribution is 5.52. The number of aryl methyl sites for hydroxylation is 1. The molecule has 0 amide bonds. The Morgan fingerprint density at radius 3 is 2.69 bits per heavy atom. The van der Waals surface area contributed by atoms with Crippen LogP contribution >= 0.6 is 0 Å². The van der Waals surface area contributed by atoms with E-state index in [-0.39, 0.29) is 11.5 Å². The van der Waals surface area contributed by atoms with E-state index in [0.717, 1.165) is 55.2 Å². The number of hydrogen-bond donors (Lipinski definition) is 1. The maximum atomic E-state index is 12.3. The van der Waals surface area contributed by atoms with E-state index in [1.165, 1.54) is 11.1 Å². The fourth-order valence-corrected chi connectivity index (χ4v) is 4.25. The summed E-state index contributed by atoms with van der Waals surface area (Å²) in [5.41, 5.74) is 4.02. The third kappa shape index (κ3) is 4.99. The number of H-pyrrole nitrogens is 1. The number of methoxy groups -OCH3 is 1. The molecule has 7 heteroatoms. The highest BCUT2D eigenvalue weighted by Gasteiger charge is 2.23. The second-order valence-corrected chi connectivity index (χ2v) is 8.17. The van der Waals surface area contributed by atoms with E-state index in [1.54, 1.807) is 25.6 Å². The number of nitrogens with one attached hydrogen (secondary N) is 1. The summed E-state index contributed by atoms with van der Waals surface area (Å²) in [6.45, 7) is 7.47. The first kappa shape index (κ1) is 22.0. The van der Waals surface area contributed by atoms with Gasteiger partial charge in [0.05, 0.1) is 19.4 Å². The van der Waals surface area contributed by atoms with Crippen LogP contribution in [0.5, 0.6) is 11.5 Å². The van der Waals surface area contributed by atoms with Gasteiger partial charge in [0.15, 0.2) is 11.5 Å². The van der Waals surface area contributed by atoms with Crippen molar-refractivity contribution in [2.45, 2.75) is 39.2 Å². The zero-order chi connectivity index (χ0) is 22.5. The Morgan fingerprint density at radius 2 is 2.00 bits per heavy atom. The normalized spacial score (nSPS) is 15.0. The summed E-state index contributed by atoms with van der Waals surface area (Å²) in [6.07, 6.45) is 5.37. The molecule has 1 aromatic carbocycles. The minimum Gasteiger partial charge on any atom is -0.493 e. The summed E-state index contributed by atoms with van der Waals surface area (Å²) in [6, 6.07) is 9.54. The maximum absolute atomic E-state index is 12.3. The van der Waals surface area contributed by atoms with Gasteiger partial charge in [-0.15, -0.1) is 0 Å². The van der Waals surface area contributed by atoms with Crippen molar-refractivity contribution in [3.63, 3.8) is 0 Å². The quantitative estimate of drug-likeness (QED) is 0.607. The first-order chi connectivity index (χ1) is 15.6. The van der Waals surface area contributed by atoms with Crippen molar-refractivity contribution in [3.05, 3.63) is 69.9 Å². The van der Waals surface area contributed by atoms with E-state index in [1.807, 2.05) is 25.1 Å². The summed E-state index contributed by atoms with van der Waals surface area (Å²) in [5, 5.41) is 0. The van der Waals surface area contributed by atoms with Crippen LogP contribution in [0.2, 0.25) is 0 Å². The van der Waals surface area contributed by atoms with Crippen LogP contribution in [0.1, 0.15) is 42.5 Å². The Bertz CT molecular complexity index is 1110. The lowest BCUT2D eigenvalue weighted by molar-refractivity contribution is 0.202. The largest absolute Gasteiger partial charge is 0.493 e. The summed E-state index contributed by atoms with van der Waals surface area (Å²) in [5.74, 6) is 2.43. The van der Waals surface area contributed by atoms with Crippen molar-refractivity contribution < 1.29 is 9.47 Å². The molecule has 0 atom stereocenters. The predicted molar refractivity (Wildman–Crippen MR) is 124 cm³/mol. The Morgan fingerprint density at radius 1 is 1.19 bits per heavy atom. The van der Waals surface area contributed by atoms with Gasteiger partial charge in [-0.1, -0.05) is 0 Å². The standard InChI is InChI=1S/C25H30N4O3/c1-4-32-23-13-20(17(2)12-22(23)31-3)16-29-10-7-18(8-11-29)21-14-24(30)28-25(27-21)19-6-5-9-26-15-19/h5-6,9,12-15,18H,4,7-8,10-11,16H2,1-3H3,(H,27,28,30). The maximum Gasteiger partial charge on any atom is 0.251 e. The highest BCUT2D eigenvalue weighted by atomic mass is 16.5. The molecule has 3 heterocycles. The van der Waals surface area contributed by atoms with Crippen molar-refractivity contribution in [2.75, 3.05) is 26.8 Å². The van der Waals surface area contributed by atoms with Crippen molar-refractivity contribution in [1.29, 1.82) is 0 Å². The molecule has 0 saturated carbocycles. The van der Waals surface area contributed by atoms with Gasteiger partial charge in [-0.2, -0.15) is 0 Å². The minimum atomic E-state index is -0.117. The van der Waals surface area contributed by atoms with Gasteiger partial charge in [-0.25, -0.2) is 4.98 Å². The predicted octanol–water partition coefficient (Wildman–Crippen LogP) is 3.93. The van der Waals surface area contributed by atoms with Crippen LogP contribution in [0.25, 0.3) is 11.4 Å². The molecule has 4 rings (SSSR count). The number of nitrogens with zero attached hydrogens (tertiary/aromatic N) is 3. The van der Waals surface area contributed by atoms with Crippen LogP contribution < -0.4 is 15.0 Å². The molecule has 1 aliphatic rings. The second kappa shape index (κ2) is 9.96. The van der Waals surface area contributed by atoms with Gasteiger partial charge in [0.2, 0.25) is 0 Å². The number of pyridine rings is 1. The molecule has 0 radical (unpaired) electrons. The number of likely N-dealkylation sites (tertiary alicyclic amines) is 1. The van der Waals surface area contributed by atoms with Gasteiger partial charge in [-0.3, -0.25) is 14.7 Å². The molecule has 0 aliphatic carbocycles. The Balaban J connectivity index is 1.45. The molecule has 2 aromatic heterocycles. The second-order valence-electron chi connectivity index (χ2n) is 8.17. The molecule has 0 unspecified atom stereocenters. The lowest BCUT2D eigenvalue weighted by Gasteiger charge is -2.32. The molecule has 7 nitrogen and oxygen atoms in total. The summed E-state index contributed by atoms with van der Waals surface area (Å²) >= 11 is 0. The highest BCUT2D eigenvalue weighted by Crippen LogP contribution is 2.33. The molecule has 0 spiro atoms. The van der Waals surface area contributed by atoms with Gasteiger partial charge in [0.1, 0.15) is 5.82 Å². The molecular formula is C25H30N4O3. The zero-order valence-corrected chi connectivity index (χ0v) is 18.9. The van der Waals surface area contributed by atoms with Crippen LogP contribution in [-0.4, -0.2) is 46.7 Å². The van der Waals surface area contributed by atoms with E-state index in [0.29, 0.717) is 12.4 Å². The molecule has 32 heavy (non-hydrogen) atoms. The summed E-state index contributed by atoms with van der Waals surface area (Å²) in [7, 11) is 1.67. The minimum absolute atomic E-state index is 0.117. The summed E-state index contributed by atoms with van der Waals surface area (Å²) < 4.78 is 11.2. The molecule has 0 bridgehead atoms. The monoisotopic (exact) mass is 434 g/mol. The molecule has 3 aromatic rings. The first-order valence-electron chi connectivity index (χ1n) is 11.1. The lowest BCUT2D eigenvalue weighted by Crippen LogP contribution is -2.33. The Labute approximate surface area is 188 Å². The van der Waals surface area contributed by atoms with Crippen molar-refractivity contribution in [1.82, 2.24) is 19.9 Å². The number of rotatable bonds is 7. The van der Waals surface area contributed by atoms with Crippen molar-refractivity contribution >= 4 is 0 Å². The Hall–Kier alpha value is -3.19. The van der Waals surface area contributed by atoms with Gasteiger partial charge in [-0.05, 0) is 75.2 Å². The average molecular weight is 435 g/mol. The molecule has 1 fully saturated rings. The van der Waals surface area contributed by atoms with E-state index in [2.05, 4.69) is 27.9 Å². The Kier molecular flexibility index (Phi) is 6.85. The van der Waals surface area contributed by atoms with E-state index < -0.39 is 0 Å². The van der Waals surface area contributed by atoms with Gasteiger partial charge in [0.25, 0.3) is 5.56 Å². The van der Waals surface area contributed by atoms with Crippen molar-refractivity contribution in [3.8, 4) is 22.9 Å². The summed E-state index contributed by atoms with van der Waals surface area (Å²) in [4.78, 5) is 26.4. The SMILES string of the molecule is CCOc1cc(CN2CCC(c3cc(=O)[nH]c(-c4cccnc4)n3)CC2)c(C)cc1OC. The van der Waals surface area contributed by atoms with E-state index in [9.17, 15) is 4.79 Å². The number of hydrogen-bond acceptors (Lipinski definition) is 6. The molecule has 168 valence electrons. The van der Waals surface area contributed by atoms with Gasteiger partial charge >= 0.3 is 0 Å². The van der Waals surface area contributed by atoms with Gasteiger partial charge < -0.3 is 14.5 Å². The topological polar surface area (TPSA) is 80.3 Å². The van der Waals surface area contributed by atoms with Crippen LogP contribution in [-0.2, 0) is 6.54 Å². The molecule has 1 aliphatic heterocycles.